The van der Waals surface area contributed by atoms with Gasteiger partial charge in [0, 0.05) is 33.8 Å². The van der Waals surface area contributed by atoms with Crippen molar-refractivity contribution in [2.75, 3.05) is 40.3 Å². The third-order valence-electron chi connectivity index (χ3n) is 2.28. The summed E-state index contributed by atoms with van der Waals surface area (Å²) in [5, 5.41) is 6.28. The van der Waals surface area contributed by atoms with E-state index in [1.807, 2.05) is 20.8 Å². The molecule has 0 aromatic carbocycles. The molecule has 6 nitrogen and oxygen atoms in total. The van der Waals surface area contributed by atoms with Gasteiger partial charge in [-0.2, -0.15) is 0 Å². The average molecular weight is 400 g/mol. The van der Waals surface area contributed by atoms with Crippen LogP contribution in [-0.2, 0) is 9.53 Å². The van der Waals surface area contributed by atoms with E-state index < -0.39 is 0 Å². The first-order valence-corrected chi connectivity index (χ1v) is 6.81. The Morgan fingerprint density at radius 2 is 1.95 bits per heavy atom. The van der Waals surface area contributed by atoms with E-state index in [4.69, 9.17) is 4.74 Å². The molecule has 0 aliphatic rings. The summed E-state index contributed by atoms with van der Waals surface area (Å²) < 4.78 is 5.45. The minimum Gasteiger partial charge on any atom is -0.379 e. The van der Waals surface area contributed by atoms with E-state index in [0.717, 1.165) is 26.1 Å². The van der Waals surface area contributed by atoms with Crippen molar-refractivity contribution in [1.29, 1.82) is 0 Å². The molecular formula is C13H29IN4O2. The number of ether oxygens (including phenoxy) is 1. The van der Waals surface area contributed by atoms with Crippen LogP contribution in [0.25, 0.3) is 0 Å². The summed E-state index contributed by atoms with van der Waals surface area (Å²) >= 11 is 0. The van der Waals surface area contributed by atoms with Crippen molar-refractivity contribution in [1.82, 2.24) is 15.5 Å². The molecule has 7 heteroatoms. The molecule has 120 valence electrons. The quantitative estimate of drug-likeness (QED) is 0.277. The summed E-state index contributed by atoms with van der Waals surface area (Å²) in [4.78, 5) is 17.2. The standard InChI is InChI=1S/C13H28N4O2.HI/c1-6-14-13(16-10-12(18)17(4)5)15-8-7-9-19-11(2)3;/h11H,6-10H2,1-5H3,(H2,14,15,16);1H. The largest absolute Gasteiger partial charge is 0.379 e. The van der Waals surface area contributed by atoms with Crippen molar-refractivity contribution in [3.05, 3.63) is 0 Å². The van der Waals surface area contributed by atoms with Crippen LogP contribution in [0.15, 0.2) is 4.99 Å². The van der Waals surface area contributed by atoms with Gasteiger partial charge in [-0.05, 0) is 27.2 Å². The van der Waals surface area contributed by atoms with Gasteiger partial charge in [0.05, 0.1) is 6.10 Å². The number of aliphatic imine (C=N–C) groups is 1. The van der Waals surface area contributed by atoms with Crippen molar-refractivity contribution in [2.24, 2.45) is 4.99 Å². The molecule has 0 aliphatic carbocycles. The highest BCUT2D eigenvalue weighted by Crippen LogP contribution is 1.89. The maximum Gasteiger partial charge on any atom is 0.243 e. The summed E-state index contributed by atoms with van der Waals surface area (Å²) in [6.07, 6.45) is 1.17. The third kappa shape index (κ3) is 12.5. The molecule has 0 aliphatic heterocycles. The number of nitrogens with zero attached hydrogens (tertiary/aromatic N) is 2. The van der Waals surface area contributed by atoms with Crippen LogP contribution in [0, 0.1) is 0 Å². The van der Waals surface area contributed by atoms with Crippen molar-refractivity contribution in [3.63, 3.8) is 0 Å². The number of hydrogen-bond acceptors (Lipinski definition) is 3. The van der Waals surface area contributed by atoms with Gasteiger partial charge in [0.1, 0.15) is 6.54 Å². The summed E-state index contributed by atoms with van der Waals surface area (Å²) in [6.45, 7) is 8.45. The summed E-state index contributed by atoms with van der Waals surface area (Å²) in [7, 11) is 3.45. The van der Waals surface area contributed by atoms with E-state index >= 15 is 0 Å². The van der Waals surface area contributed by atoms with Gasteiger partial charge in [0.15, 0.2) is 5.96 Å². The molecule has 0 atom stereocenters. The van der Waals surface area contributed by atoms with Crippen LogP contribution >= 0.6 is 24.0 Å². The Morgan fingerprint density at radius 3 is 2.45 bits per heavy atom. The molecule has 0 aromatic heterocycles. The molecule has 1 amide bonds. The Hall–Kier alpha value is -0.570. The van der Waals surface area contributed by atoms with E-state index in [-0.39, 0.29) is 42.5 Å². The van der Waals surface area contributed by atoms with Crippen molar-refractivity contribution in [2.45, 2.75) is 33.3 Å². The second-order valence-corrected chi connectivity index (χ2v) is 4.68. The zero-order valence-corrected chi connectivity index (χ0v) is 15.6. The number of amides is 1. The average Bonchev–Trinajstić information content (AvgIpc) is 2.34. The molecule has 0 spiro atoms. The highest BCUT2D eigenvalue weighted by molar-refractivity contribution is 14.0. The van der Waals surface area contributed by atoms with E-state index in [1.165, 1.54) is 4.90 Å². The topological polar surface area (TPSA) is 66.0 Å². The monoisotopic (exact) mass is 400 g/mol. The Bertz CT molecular complexity index is 284. The predicted molar refractivity (Wildman–Crippen MR) is 93.8 cm³/mol. The van der Waals surface area contributed by atoms with Crippen molar-refractivity contribution < 1.29 is 9.53 Å². The lowest BCUT2D eigenvalue weighted by atomic mass is 10.4. The number of rotatable bonds is 8. The maximum absolute atomic E-state index is 11.4. The predicted octanol–water partition coefficient (Wildman–Crippen LogP) is 1.06. The van der Waals surface area contributed by atoms with Crippen LogP contribution in [-0.4, -0.2) is 63.2 Å². The van der Waals surface area contributed by atoms with E-state index in [0.29, 0.717) is 5.96 Å². The molecule has 2 N–H and O–H groups in total. The lowest BCUT2D eigenvalue weighted by Crippen LogP contribution is -2.39. The van der Waals surface area contributed by atoms with E-state index in [1.54, 1.807) is 14.1 Å². The van der Waals surface area contributed by atoms with Crippen molar-refractivity contribution >= 4 is 35.8 Å². The normalized spacial score (nSPS) is 11.0. The summed E-state index contributed by atoms with van der Waals surface area (Å²) in [6, 6.07) is 0. The number of hydrogen-bond donors (Lipinski definition) is 2. The lowest BCUT2D eigenvalue weighted by Gasteiger charge is -2.13. The molecule has 0 fully saturated rings. The molecule has 0 radical (unpaired) electrons. The number of guanidine groups is 1. The molecular weight excluding hydrogens is 371 g/mol. The van der Waals surface area contributed by atoms with Crippen LogP contribution in [0.1, 0.15) is 27.2 Å². The Balaban J connectivity index is 0. The Morgan fingerprint density at radius 1 is 1.30 bits per heavy atom. The minimum atomic E-state index is -0.0136. The zero-order valence-electron chi connectivity index (χ0n) is 13.2. The smallest absolute Gasteiger partial charge is 0.243 e. The fourth-order valence-electron chi connectivity index (χ4n) is 1.23. The van der Waals surface area contributed by atoms with Gasteiger partial charge in [-0.1, -0.05) is 0 Å². The number of carbonyl (C=O) groups is 1. The molecule has 0 heterocycles. The molecule has 0 bridgehead atoms. The third-order valence-corrected chi connectivity index (χ3v) is 2.28. The minimum absolute atomic E-state index is 0. The molecule has 0 aromatic rings. The van der Waals surface area contributed by atoms with Gasteiger partial charge in [-0.25, -0.2) is 4.99 Å². The Kier molecular flexibility index (Phi) is 14.6. The first-order valence-electron chi connectivity index (χ1n) is 6.81. The van der Waals surface area contributed by atoms with Gasteiger partial charge in [0.2, 0.25) is 5.91 Å². The second-order valence-electron chi connectivity index (χ2n) is 4.68. The van der Waals surface area contributed by atoms with Crippen molar-refractivity contribution in [3.8, 4) is 0 Å². The fraction of sp³-hybridized carbons (Fsp3) is 0.846. The van der Waals surface area contributed by atoms with Gasteiger partial charge < -0.3 is 20.3 Å². The summed E-state index contributed by atoms with van der Waals surface area (Å²) in [5.74, 6) is 0.655. The first kappa shape index (κ1) is 21.7. The fourth-order valence-corrected chi connectivity index (χ4v) is 1.23. The van der Waals surface area contributed by atoms with E-state index in [2.05, 4.69) is 15.6 Å². The maximum atomic E-state index is 11.4. The zero-order chi connectivity index (χ0) is 14.7. The van der Waals surface area contributed by atoms with Gasteiger partial charge in [-0.3, -0.25) is 4.79 Å². The summed E-state index contributed by atoms with van der Waals surface area (Å²) in [5.41, 5.74) is 0. The van der Waals surface area contributed by atoms with Gasteiger partial charge in [0.25, 0.3) is 0 Å². The van der Waals surface area contributed by atoms with Crippen LogP contribution in [0.5, 0.6) is 0 Å². The van der Waals surface area contributed by atoms with Crippen LogP contribution in [0.4, 0.5) is 0 Å². The van der Waals surface area contributed by atoms with Gasteiger partial charge in [-0.15, -0.1) is 24.0 Å². The molecule has 0 unspecified atom stereocenters. The lowest BCUT2D eigenvalue weighted by molar-refractivity contribution is -0.127. The highest BCUT2D eigenvalue weighted by atomic mass is 127. The molecule has 0 rings (SSSR count). The van der Waals surface area contributed by atoms with Crippen LogP contribution in [0.2, 0.25) is 0 Å². The highest BCUT2D eigenvalue weighted by Gasteiger charge is 2.03. The molecule has 20 heavy (non-hydrogen) atoms. The molecule has 0 saturated heterocycles. The number of halogens is 1. The van der Waals surface area contributed by atoms with Gasteiger partial charge >= 0.3 is 0 Å². The van der Waals surface area contributed by atoms with Crippen LogP contribution in [0.3, 0.4) is 0 Å². The molecule has 0 saturated carbocycles. The Labute approximate surface area is 139 Å². The number of likely N-dealkylation sites (N-methyl/N-ethyl adjacent to an activating group) is 1. The number of nitrogens with one attached hydrogen (secondary N) is 2. The second kappa shape index (κ2) is 13.4. The van der Waals surface area contributed by atoms with E-state index in [9.17, 15) is 4.79 Å². The van der Waals surface area contributed by atoms with Crippen LogP contribution < -0.4 is 10.6 Å². The SMILES string of the molecule is CCNC(=NCC(=O)N(C)C)NCCCOC(C)C.I. The number of carbonyl (C=O) groups excluding carboxylic acids is 1. The first-order chi connectivity index (χ1) is 8.97.